The van der Waals surface area contributed by atoms with E-state index in [2.05, 4.69) is 33.8 Å². The Morgan fingerprint density at radius 1 is 1.41 bits per heavy atom. The van der Waals surface area contributed by atoms with Crippen LogP contribution in [0.3, 0.4) is 0 Å². The molecule has 0 aliphatic carbocycles. The number of likely N-dealkylation sites (tertiary alicyclic amines) is 1. The van der Waals surface area contributed by atoms with Gasteiger partial charge in [0.1, 0.15) is 0 Å². The average Bonchev–Trinajstić information content (AvgIpc) is 2.97. The van der Waals surface area contributed by atoms with Crippen LogP contribution < -0.4 is 10.0 Å². The number of nitro benzene ring substituents is 1. The van der Waals surface area contributed by atoms with Gasteiger partial charge in [0.2, 0.25) is 10.0 Å². The molecule has 0 atom stereocenters. The first-order chi connectivity index (χ1) is 12.6. The largest absolute Gasteiger partial charge is 0.357 e. The number of non-ortho nitro benzene ring substituents is 1. The number of aliphatic imine (C=N–C) groups is 1. The molecule has 0 unspecified atom stereocenters. The molecule has 0 amide bonds. The Hall–Kier alpha value is -2.20. The van der Waals surface area contributed by atoms with Crippen molar-refractivity contribution in [2.75, 3.05) is 32.7 Å². The molecule has 1 aliphatic heterocycles. The third-order valence-corrected chi connectivity index (χ3v) is 5.77. The summed E-state index contributed by atoms with van der Waals surface area (Å²) >= 11 is 0. The van der Waals surface area contributed by atoms with E-state index in [1.807, 2.05) is 6.92 Å². The van der Waals surface area contributed by atoms with Gasteiger partial charge < -0.3 is 10.2 Å². The van der Waals surface area contributed by atoms with E-state index in [0.717, 1.165) is 38.1 Å². The molecule has 1 heterocycles. The quantitative estimate of drug-likeness (QED) is 0.237. The van der Waals surface area contributed by atoms with Crippen molar-refractivity contribution in [2.24, 2.45) is 10.4 Å². The molecule has 1 aromatic carbocycles. The summed E-state index contributed by atoms with van der Waals surface area (Å²) in [6.45, 7) is 9.34. The summed E-state index contributed by atoms with van der Waals surface area (Å²) in [6.07, 6.45) is 1.08. The van der Waals surface area contributed by atoms with Gasteiger partial charge in [-0.1, -0.05) is 19.9 Å². The van der Waals surface area contributed by atoms with Gasteiger partial charge in [-0.3, -0.25) is 15.1 Å². The Bertz CT molecular complexity index is 807. The van der Waals surface area contributed by atoms with Gasteiger partial charge in [0.25, 0.3) is 5.69 Å². The van der Waals surface area contributed by atoms with Crippen molar-refractivity contribution in [3.63, 3.8) is 0 Å². The lowest BCUT2D eigenvalue weighted by Gasteiger charge is -2.23. The molecular formula is C17H27N5O4S. The summed E-state index contributed by atoms with van der Waals surface area (Å²) in [5.74, 6) is 0.776. The minimum atomic E-state index is -3.82. The van der Waals surface area contributed by atoms with Crippen LogP contribution in [0.4, 0.5) is 5.69 Å². The van der Waals surface area contributed by atoms with E-state index in [9.17, 15) is 18.5 Å². The van der Waals surface area contributed by atoms with Crippen LogP contribution in [-0.4, -0.2) is 56.9 Å². The molecule has 9 nitrogen and oxygen atoms in total. The highest BCUT2D eigenvalue weighted by atomic mass is 32.2. The first-order valence-electron chi connectivity index (χ1n) is 8.92. The number of sulfonamides is 1. The number of hydrogen-bond acceptors (Lipinski definition) is 5. The molecule has 2 N–H and O–H groups in total. The first-order valence-corrected chi connectivity index (χ1v) is 10.4. The highest BCUT2D eigenvalue weighted by molar-refractivity contribution is 7.89. The zero-order valence-electron chi connectivity index (χ0n) is 15.9. The van der Waals surface area contributed by atoms with E-state index in [1.54, 1.807) is 0 Å². The fourth-order valence-electron chi connectivity index (χ4n) is 2.91. The zero-order chi connectivity index (χ0) is 20.1. The van der Waals surface area contributed by atoms with Crippen molar-refractivity contribution in [1.29, 1.82) is 0 Å². The van der Waals surface area contributed by atoms with Gasteiger partial charge in [-0.2, -0.15) is 0 Å². The number of nitrogens with zero attached hydrogens (tertiary/aromatic N) is 3. The smallest absolute Gasteiger partial charge is 0.270 e. The highest BCUT2D eigenvalue weighted by Crippen LogP contribution is 2.28. The van der Waals surface area contributed by atoms with E-state index in [4.69, 9.17) is 0 Å². The summed E-state index contributed by atoms with van der Waals surface area (Å²) in [5, 5.41) is 14.0. The molecule has 1 aromatic rings. The Morgan fingerprint density at radius 3 is 2.74 bits per heavy atom. The summed E-state index contributed by atoms with van der Waals surface area (Å²) < 4.78 is 27.1. The lowest BCUT2D eigenvalue weighted by molar-refractivity contribution is -0.385. The normalized spacial score (nSPS) is 17.1. The van der Waals surface area contributed by atoms with Crippen LogP contribution in [-0.2, 0) is 10.0 Å². The van der Waals surface area contributed by atoms with Crippen molar-refractivity contribution < 1.29 is 13.3 Å². The van der Waals surface area contributed by atoms with Gasteiger partial charge in [0.15, 0.2) is 5.96 Å². The zero-order valence-corrected chi connectivity index (χ0v) is 16.8. The maximum Gasteiger partial charge on any atom is 0.270 e. The first kappa shape index (κ1) is 21.1. The highest BCUT2D eigenvalue weighted by Gasteiger charge is 2.30. The molecule has 1 aliphatic rings. The Morgan fingerprint density at radius 2 is 2.15 bits per heavy atom. The topological polar surface area (TPSA) is 117 Å². The molecule has 27 heavy (non-hydrogen) atoms. The predicted molar refractivity (Wildman–Crippen MR) is 104 cm³/mol. The molecule has 0 saturated carbocycles. The molecular weight excluding hydrogens is 370 g/mol. The van der Waals surface area contributed by atoms with E-state index in [-0.39, 0.29) is 29.1 Å². The van der Waals surface area contributed by atoms with Crippen LogP contribution in [0, 0.1) is 15.5 Å². The Labute approximate surface area is 160 Å². The van der Waals surface area contributed by atoms with E-state index < -0.39 is 14.9 Å². The average molecular weight is 398 g/mol. The maximum atomic E-state index is 12.3. The SMILES string of the molecule is CCNC(=NCCNS(=O)(=O)c1cccc([N+](=O)[O-])c1)N1CCC(C)(C)C1. The van der Waals surface area contributed by atoms with Crippen LogP contribution in [0.15, 0.2) is 34.2 Å². The second-order valence-corrected chi connectivity index (χ2v) is 8.99. The van der Waals surface area contributed by atoms with Crippen molar-refractivity contribution in [3.05, 3.63) is 34.4 Å². The third kappa shape index (κ3) is 5.90. The van der Waals surface area contributed by atoms with Crippen molar-refractivity contribution >= 4 is 21.7 Å². The predicted octanol–water partition coefficient (Wildman–Crippen LogP) is 1.57. The fraction of sp³-hybridized carbons (Fsp3) is 0.588. The number of rotatable bonds is 7. The van der Waals surface area contributed by atoms with Crippen LogP contribution in [0.1, 0.15) is 27.2 Å². The van der Waals surface area contributed by atoms with Gasteiger partial charge >= 0.3 is 0 Å². The van der Waals surface area contributed by atoms with Gasteiger partial charge in [-0.05, 0) is 24.8 Å². The van der Waals surface area contributed by atoms with Gasteiger partial charge in [-0.15, -0.1) is 0 Å². The van der Waals surface area contributed by atoms with Crippen molar-refractivity contribution in [3.8, 4) is 0 Å². The molecule has 10 heteroatoms. The number of nitro groups is 1. The second kappa shape index (κ2) is 8.66. The third-order valence-electron chi connectivity index (χ3n) is 4.32. The monoisotopic (exact) mass is 397 g/mol. The minimum absolute atomic E-state index is 0.108. The minimum Gasteiger partial charge on any atom is -0.357 e. The maximum absolute atomic E-state index is 12.3. The summed E-state index contributed by atoms with van der Waals surface area (Å²) in [5.41, 5.74) is -0.0261. The molecule has 1 fully saturated rings. The lowest BCUT2D eigenvalue weighted by atomic mass is 9.93. The summed E-state index contributed by atoms with van der Waals surface area (Å²) in [6, 6.07) is 4.98. The molecule has 150 valence electrons. The molecule has 1 saturated heterocycles. The molecule has 0 bridgehead atoms. The molecule has 0 radical (unpaired) electrons. The number of benzene rings is 1. The van der Waals surface area contributed by atoms with Crippen molar-refractivity contribution in [2.45, 2.75) is 32.1 Å². The van der Waals surface area contributed by atoms with Crippen LogP contribution in [0.5, 0.6) is 0 Å². The molecule has 0 aromatic heterocycles. The van der Waals surface area contributed by atoms with Gasteiger partial charge in [0, 0.05) is 38.3 Å². The fourth-order valence-corrected chi connectivity index (χ4v) is 3.97. The molecule has 0 spiro atoms. The van der Waals surface area contributed by atoms with Crippen LogP contribution >= 0.6 is 0 Å². The summed E-state index contributed by atoms with van der Waals surface area (Å²) in [7, 11) is -3.82. The number of nitrogens with one attached hydrogen (secondary N) is 2. The Kier molecular flexibility index (Phi) is 6.77. The number of hydrogen-bond donors (Lipinski definition) is 2. The lowest BCUT2D eigenvalue weighted by Crippen LogP contribution is -2.41. The second-order valence-electron chi connectivity index (χ2n) is 7.22. The van der Waals surface area contributed by atoms with Crippen molar-refractivity contribution in [1.82, 2.24) is 14.9 Å². The standard InChI is InChI=1S/C17H27N5O4S/c1-4-18-16(21-11-8-17(2,3)13-21)19-9-10-20-27(25,26)15-7-5-6-14(12-15)22(23)24/h5-7,12,20H,4,8-11,13H2,1-3H3,(H,18,19). The number of guanidine groups is 1. The van der Waals surface area contributed by atoms with Crippen LogP contribution in [0.2, 0.25) is 0 Å². The van der Waals surface area contributed by atoms with E-state index in [0.29, 0.717) is 0 Å². The van der Waals surface area contributed by atoms with E-state index >= 15 is 0 Å². The molecule has 2 rings (SSSR count). The van der Waals surface area contributed by atoms with E-state index in [1.165, 1.54) is 18.2 Å². The summed E-state index contributed by atoms with van der Waals surface area (Å²) in [4.78, 5) is 16.7. The van der Waals surface area contributed by atoms with Gasteiger partial charge in [-0.25, -0.2) is 13.1 Å². The van der Waals surface area contributed by atoms with Gasteiger partial charge in [0.05, 0.1) is 16.4 Å². The Balaban J connectivity index is 1.98. The van der Waals surface area contributed by atoms with Crippen LogP contribution in [0.25, 0.3) is 0 Å².